The highest BCUT2D eigenvalue weighted by atomic mass is 28.4. The van der Waals surface area contributed by atoms with Gasteiger partial charge in [0.25, 0.3) is 22.6 Å². The van der Waals surface area contributed by atoms with Crippen molar-refractivity contribution in [3.63, 3.8) is 0 Å². The van der Waals surface area contributed by atoms with Crippen molar-refractivity contribution in [1.29, 1.82) is 0 Å². The lowest BCUT2D eigenvalue weighted by atomic mass is 9.91. The van der Waals surface area contributed by atoms with E-state index in [2.05, 4.69) is 79.9 Å². The molecule has 0 saturated carbocycles. The van der Waals surface area contributed by atoms with Crippen LogP contribution >= 0.6 is 0 Å². The van der Waals surface area contributed by atoms with Crippen molar-refractivity contribution < 1.29 is 18.0 Å². The van der Waals surface area contributed by atoms with Gasteiger partial charge < -0.3 is 18.0 Å². The van der Waals surface area contributed by atoms with Gasteiger partial charge in [0.2, 0.25) is 0 Å². The number of rotatable bonds is 4. The molecule has 2 aliphatic heterocycles. The van der Waals surface area contributed by atoms with Gasteiger partial charge in [0, 0.05) is 29.2 Å². The van der Waals surface area contributed by atoms with E-state index in [1.54, 1.807) is 12.3 Å². The Balaban J connectivity index is 2.07. The van der Waals surface area contributed by atoms with Crippen molar-refractivity contribution in [3.05, 3.63) is 63.7 Å². The molecule has 194 valence electrons. The molecule has 2 aliphatic carbocycles. The van der Waals surface area contributed by atoms with E-state index < -0.39 is 16.6 Å². The van der Waals surface area contributed by atoms with E-state index in [1.165, 1.54) is 6.07 Å². The molecular weight excluding hydrogens is 484 g/mol. The van der Waals surface area contributed by atoms with E-state index in [0.717, 1.165) is 40.9 Å². The molecule has 0 unspecified atom stereocenters. The van der Waals surface area contributed by atoms with Crippen LogP contribution in [0.1, 0.15) is 65.5 Å². The minimum absolute atomic E-state index is 0.00906. The van der Waals surface area contributed by atoms with Crippen molar-refractivity contribution in [2.45, 2.75) is 90.6 Å². The summed E-state index contributed by atoms with van der Waals surface area (Å²) >= 11 is 0. The van der Waals surface area contributed by atoms with Crippen LogP contribution in [0.3, 0.4) is 0 Å². The van der Waals surface area contributed by atoms with Gasteiger partial charge >= 0.3 is 0 Å². The topological polar surface area (TPSA) is 57.9 Å². The van der Waals surface area contributed by atoms with E-state index in [0.29, 0.717) is 17.5 Å². The molecule has 0 amide bonds. The van der Waals surface area contributed by atoms with Crippen LogP contribution < -0.4 is 9.85 Å². The van der Waals surface area contributed by atoms with Crippen molar-refractivity contribution in [3.8, 4) is 17.3 Å². The Morgan fingerprint density at radius 3 is 2.17 bits per heavy atom. The Morgan fingerprint density at radius 1 is 0.889 bits per heavy atom. The quantitative estimate of drug-likeness (QED) is 0.375. The summed E-state index contributed by atoms with van der Waals surface area (Å²) in [5.74, 6) is 2.47. The Hall–Kier alpha value is -2.52. The highest BCUT2D eigenvalue weighted by Crippen LogP contribution is 2.50. The minimum Gasteiger partial charge on any atom is -0.541 e. The highest BCUT2D eigenvalue weighted by molar-refractivity contribution is 6.75. The van der Waals surface area contributed by atoms with Gasteiger partial charge in [-0.25, -0.2) is 0 Å². The molecule has 0 atom stereocenters. The summed E-state index contributed by atoms with van der Waals surface area (Å²) < 4.78 is 26.5. The van der Waals surface area contributed by atoms with Crippen molar-refractivity contribution in [2.75, 3.05) is 0 Å². The monoisotopic (exact) mass is 524 g/mol. The summed E-state index contributed by atoms with van der Waals surface area (Å²) in [5, 5.41) is -0.0488. The molecule has 0 aromatic heterocycles. The van der Waals surface area contributed by atoms with Gasteiger partial charge in [-0.3, -0.25) is 4.79 Å². The molecule has 0 radical (unpaired) electrons. The molecule has 0 saturated heterocycles. The first-order valence-corrected chi connectivity index (χ1v) is 18.6. The second-order valence-corrected chi connectivity index (χ2v) is 22.3. The van der Waals surface area contributed by atoms with Gasteiger partial charge in [-0.2, -0.15) is 0 Å². The van der Waals surface area contributed by atoms with Gasteiger partial charge in [-0.05, 0) is 54.8 Å². The van der Waals surface area contributed by atoms with Gasteiger partial charge in [-0.1, -0.05) is 53.7 Å². The second kappa shape index (κ2) is 8.80. The Bertz CT molecular complexity index is 1300. The van der Waals surface area contributed by atoms with Gasteiger partial charge in [-0.15, -0.1) is 0 Å². The molecule has 0 aromatic rings. The lowest BCUT2D eigenvalue weighted by molar-refractivity contribution is 0.325. The zero-order chi connectivity index (χ0) is 26.7. The maximum atomic E-state index is 12.4. The molecule has 0 spiro atoms. The van der Waals surface area contributed by atoms with Crippen LogP contribution in [-0.4, -0.2) is 16.6 Å². The second-order valence-electron chi connectivity index (χ2n) is 12.9. The summed E-state index contributed by atoms with van der Waals surface area (Å²) in [5.41, 5.74) is 3.37. The zero-order valence-corrected chi connectivity index (χ0v) is 25.4. The molecule has 2 heterocycles. The number of allylic oxidation sites excluding steroid dienone is 4. The maximum absolute atomic E-state index is 12.4. The third-order valence-electron chi connectivity index (χ3n) is 8.15. The third kappa shape index (κ3) is 4.75. The number of hydrogen-bond acceptors (Lipinski definition) is 5. The fraction of sp³-hybridized carbons (Fsp3) is 0.483. The average Bonchev–Trinajstić information content (AvgIpc) is 2.89. The van der Waals surface area contributed by atoms with Crippen molar-refractivity contribution >= 4 is 28.0 Å². The Morgan fingerprint density at radius 2 is 1.53 bits per heavy atom. The molecule has 0 bridgehead atoms. The average molecular weight is 525 g/mol. The van der Waals surface area contributed by atoms with Crippen molar-refractivity contribution in [1.82, 2.24) is 0 Å². The van der Waals surface area contributed by atoms with E-state index in [9.17, 15) is 4.79 Å². The van der Waals surface area contributed by atoms with E-state index in [4.69, 9.17) is 18.0 Å². The molecule has 0 aromatic carbocycles. The summed E-state index contributed by atoms with van der Waals surface area (Å²) in [6.45, 7) is 22.1. The summed E-state index contributed by atoms with van der Waals surface area (Å²) in [6, 6.07) is 4.95. The molecule has 4 rings (SSSR count). The SMILES string of the molecule is CC(C)(C)[Si](C)(C)OC1=COC2=C(C=CCC2)c2c(O[Si](C)(C)C(C)(C)C)oc3cc(=O)ccc-3c21. The first-order chi connectivity index (χ1) is 16.5. The number of fused-ring (bicyclic) bond motifs is 4. The number of ether oxygens (including phenoxy) is 1. The van der Waals surface area contributed by atoms with Crippen LogP contribution in [0.15, 0.2) is 51.6 Å². The van der Waals surface area contributed by atoms with Gasteiger partial charge in [0.05, 0.1) is 5.56 Å². The predicted octanol–water partition coefficient (Wildman–Crippen LogP) is 8.54. The molecule has 4 aliphatic rings. The first kappa shape index (κ1) is 26.5. The lowest BCUT2D eigenvalue weighted by Crippen LogP contribution is -2.44. The molecule has 0 fully saturated rings. The lowest BCUT2D eigenvalue weighted by Gasteiger charge is -2.38. The van der Waals surface area contributed by atoms with E-state index >= 15 is 0 Å². The van der Waals surface area contributed by atoms with Crippen LogP contribution in [0.5, 0.6) is 5.95 Å². The molecular formula is C29H40O5Si2. The molecule has 7 heteroatoms. The summed E-state index contributed by atoms with van der Waals surface area (Å²) in [6.07, 6.45) is 7.70. The molecule has 0 N–H and O–H groups in total. The Labute approximate surface area is 217 Å². The standard InChI is InChI=1S/C29H40O5Si2/c1-28(2,3)35(7,8)33-24-18-31-22-14-12-11-13-20(22)26-25(24)21-16-15-19(30)17-23(21)32-27(26)34-36(9,10)29(4,5)6/h11,13,15-18H,12,14H2,1-10H3. The maximum Gasteiger partial charge on any atom is 0.280 e. The smallest absolute Gasteiger partial charge is 0.280 e. The van der Waals surface area contributed by atoms with Crippen LogP contribution in [0.25, 0.3) is 22.7 Å². The fourth-order valence-electron chi connectivity index (χ4n) is 3.81. The van der Waals surface area contributed by atoms with Crippen LogP contribution in [0, 0.1) is 0 Å². The minimum atomic E-state index is -2.29. The molecule has 36 heavy (non-hydrogen) atoms. The first-order valence-electron chi connectivity index (χ1n) is 12.8. The van der Waals surface area contributed by atoms with Crippen LogP contribution in [0.2, 0.25) is 36.3 Å². The number of hydrogen-bond donors (Lipinski definition) is 0. The zero-order valence-electron chi connectivity index (χ0n) is 23.4. The van der Waals surface area contributed by atoms with Gasteiger partial charge in [0.1, 0.15) is 23.5 Å². The normalized spacial score (nSPS) is 16.7. The Kier molecular flexibility index (Phi) is 6.49. The van der Waals surface area contributed by atoms with Crippen molar-refractivity contribution in [2.24, 2.45) is 0 Å². The number of benzene rings is 1. The highest BCUT2D eigenvalue weighted by Gasteiger charge is 2.44. The fourth-order valence-corrected chi connectivity index (χ4v) is 5.73. The molecule has 5 nitrogen and oxygen atoms in total. The predicted molar refractivity (Wildman–Crippen MR) is 152 cm³/mol. The largest absolute Gasteiger partial charge is 0.541 e. The van der Waals surface area contributed by atoms with Gasteiger partial charge in [0.15, 0.2) is 5.43 Å². The third-order valence-corrected chi connectivity index (χ3v) is 16.8. The summed E-state index contributed by atoms with van der Waals surface area (Å²) in [7, 11) is -4.52. The van der Waals surface area contributed by atoms with E-state index in [1.807, 2.05) is 6.07 Å². The van der Waals surface area contributed by atoms with E-state index in [-0.39, 0.29) is 15.5 Å². The summed E-state index contributed by atoms with van der Waals surface area (Å²) in [4.78, 5) is 12.4. The van der Waals surface area contributed by atoms with Crippen LogP contribution in [-0.2, 0) is 9.16 Å². The van der Waals surface area contributed by atoms with Crippen LogP contribution in [0.4, 0.5) is 0 Å².